The second-order valence-corrected chi connectivity index (χ2v) is 9.47. The van der Waals surface area contributed by atoms with Crippen molar-refractivity contribution in [2.75, 3.05) is 26.2 Å². The lowest BCUT2D eigenvalue weighted by Gasteiger charge is -2.59. The number of halogens is 3. The Hall–Kier alpha value is -2.29. The van der Waals surface area contributed by atoms with Gasteiger partial charge in [-0.05, 0) is 56.6 Å². The van der Waals surface area contributed by atoms with Crippen LogP contribution >= 0.6 is 0 Å². The van der Waals surface area contributed by atoms with E-state index in [2.05, 4.69) is 20.3 Å². The van der Waals surface area contributed by atoms with Gasteiger partial charge in [0.1, 0.15) is 11.6 Å². The summed E-state index contributed by atoms with van der Waals surface area (Å²) in [7, 11) is 0. The van der Waals surface area contributed by atoms with Crippen LogP contribution in [0.25, 0.3) is 0 Å². The Kier molecular flexibility index (Phi) is 6.83. The van der Waals surface area contributed by atoms with Crippen LogP contribution in [0.2, 0.25) is 0 Å². The van der Waals surface area contributed by atoms with Crippen LogP contribution in [0.4, 0.5) is 13.2 Å². The van der Waals surface area contributed by atoms with Crippen LogP contribution in [0.3, 0.4) is 0 Å². The first kappa shape index (κ1) is 23.4. The van der Waals surface area contributed by atoms with Crippen LogP contribution < -0.4 is 15.4 Å². The molecule has 2 amide bonds. The van der Waals surface area contributed by atoms with Crippen LogP contribution in [0.5, 0.6) is 5.75 Å². The average molecular weight is 441 g/mol. The zero-order chi connectivity index (χ0) is 22.8. The third-order valence-corrected chi connectivity index (χ3v) is 6.20. The molecule has 0 aromatic heterocycles. The number of carbonyl (C=O) groups excluding carboxylic acids is 2. The number of amides is 2. The Balaban J connectivity index is 1.38. The summed E-state index contributed by atoms with van der Waals surface area (Å²) in [6.07, 6.45) is 2.77. The number of benzene rings is 1. The maximum absolute atomic E-state index is 13.6. The fourth-order valence-corrected chi connectivity index (χ4v) is 4.49. The zero-order valence-electron chi connectivity index (χ0n) is 18.1. The maximum atomic E-state index is 13.6. The molecule has 1 aromatic rings. The van der Waals surface area contributed by atoms with Gasteiger partial charge < -0.3 is 15.4 Å². The molecule has 0 unspecified atom stereocenters. The monoisotopic (exact) mass is 441 g/mol. The predicted octanol–water partition coefficient (Wildman–Crippen LogP) is 3.17. The van der Waals surface area contributed by atoms with Crippen molar-refractivity contribution in [3.8, 4) is 5.75 Å². The Labute approximate surface area is 180 Å². The number of alkyl halides is 2. The lowest BCUT2D eigenvalue weighted by molar-refractivity contribution is -0.133. The van der Waals surface area contributed by atoms with E-state index in [0.29, 0.717) is 19.0 Å². The van der Waals surface area contributed by atoms with Crippen molar-refractivity contribution in [3.63, 3.8) is 0 Å². The summed E-state index contributed by atoms with van der Waals surface area (Å²) in [6.45, 7) is 5.54. The van der Waals surface area contributed by atoms with Crippen LogP contribution in [0, 0.1) is 17.2 Å². The second kappa shape index (κ2) is 9.06. The number of carbonyl (C=O) groups is 2. The third kappa shape index (κ3) is 6.12. The van der Waals surface area contributed by atoms with Crippen molar-refractivity contribution in [1.29, 1.82) is 0 Å². The SMILES string of the molecule is CCC(C)(C)NC(=O)CN1CC2(CC(CNC(=O)c3cc(F)cc(OC(F)F)c3)C2)C1. The minimum Gasteiger partial charge on any atom is -0.435 e. The summed E-state index contributed by atoms with van der Waals surface area (Å²) in [4.78, 5) is 26.5. The van der Waals surface area contributed by atoms with E-state index in [9.17, 15) is 22.8 Å². The quantitative estimate of drug-likeness (QED) is 0.618. The summed E-state index contributed by atoms with van der Waals surface area (Å²) in [5.41, 5.74) is -0.0407. The van der Waals surface area contributed by atoms with Gasteiger partial charge in [0.2, 0.25) is 5.91 Å². The molecule has 0 radical (unpaired) electrons. The minimum atomic E-state index is -3.09. The van der Waals surface area contributed by atoms with Crippen molar-refractivity contribution in [2.24, 2.45) is 11.3 Å². The van der Waals surface area contributed by atoms with Gasteiger partial charge in [-0.15, -0.1) is 0 Å². The van der Waals surface area contributed by atoms with E-state index in [0.717, 1.165) is 50.6 Å². The summed E-state index contributed by atoms with van der Waals surface area (Å²) in [5, 5.41) is 5.78. The Morgan fingerprint density at radius 1 is 1.26 bits per heavy atom. The van der Waals surface area contributed by atoms with Gasteiger partial charge in [-0.3, -0.25) is 14.5 Å². The molecule has 1 aliphatic carbocycles. The summed E-state index contributed by atoms with van der Waals surface area (Å²) >= 11 is 0. The van der Waals surface area contributed by atoms with E-state index in [1.54, 1.807) is 0 Å². The van der Waals surface area contributed by atoms with Gasteiger partial charge in [-0.1, -0.05) is 6.92 Å². The smallest absolute Gasteiger partial charge is 0.387 e. The molecule has 1 saturated carbocycles. The summed E-state index contributed by atoms with van der Waals surface area (Å²) in [6, 6.07) is 2.90. The largest absolute Gasteiger partial charge is 0.435 e. The number of nitrogens with one attached hydrogen (secondary N) is 2. The highest BCUT2D eigenvalue weighted by molar-refractivity contribution is 5.94. The van der Waals surface area contributed by atoms with Crippen LogP contribution in [-0.2, 0) is 4.79 Å². The summed E-state index contributed by atoms with van der Waals surface area (Å²) < 4.78 is 42.4. The van der Waals surface area contributed by atoms with E-state index in [-0.39, 0.29) is 28.2 Å². The molecule has 31 heavy (non-hydrogen) atoms. The molecule has 2 aliphatic rings. The number of ether oxygens (including phenoxy) is 1. The van der Waals surface area contributed by atoms with Crippen molar-refractivity contribution in [1.82, 2.24) is 15.5 Å². The highest BCUT2D eigenvalue weighted by Crippen LogP contribution is 2.51. The van der Waals surface area contributed by atoms with Gasteiger partial charge >= 0.3 is 6.61 Å². The topological polar surface area (TPSA) is 70.7 Å². The van der Waals surface area contributed by atoms with Gasteiger partial charge in [-0.25, -0.2) is 4.39 Å². The molecular weight excluding hydrogens is 411 g/mol. The highest BCUT2D eigenvalue weighted by atomic mass is 19.3. The Bertz CT molecular complexity index is 817. The van der Waals surface area contributed by atoms with Gasteiger partial charge in [0.15, 0.2) is 0 Å². The van der Waals surface area contributed by atoms with Crippen molar-refractivity contribution in [2.45, 2.75) is 52.2 Å². The van der Waals surface area contributed by atoms with Gasteiger partial charge in [0.05, 0.1) is 6.54 Å². The first-order chi connectivity index (χ1) is 14.5. The number of hydrogen-bond donors (Lipinski definition) is 2. The molecule has 172 valence electrons. The molecule has 6 nitrogen and oxygen atoms in total. The minimum absolute atomic E-state index is 0.0371. The highest BCUT2D eigenvalue weighted by Gasteiger charge is 2.52. The van der Waals surface area contributed by atoms with E-state index < -0.39 is 18.3 Å². The molecule has 2 N–H and O–H groups in total. The van der Waals surface area contributed by atoms with E-state index >= 15 is 0 Å². The van der Waals surface area contributed by atoms with Crippen molar-refractivity contribution < 1.29 is 27.5 Å². The maximum Gasteiger partial charge on any atom is 0.387 e. The molecule has 0 atom stereocenters. The van der Waals surface area contributed by atoms with Crippen molar-refractivity contribution >= 4 is 11.8 Å². The standard InChI is InChI=1S/C22H30F3N3O3/c1-4-21(2,3)27-18(29)11-28-12-22(13-28)8-14(9-22)10-26-19(30)15-5-16(23)7-17(6-15)31-20(24)25/h5-7,14,20H,4,8-13H2,1-3H3,(H,26,30)(H,27,29). The third-order valence-electron chi connectivity index (χ3n) is 6.20. The fourth-order valence-electron chi connectivity index (χ4n) is 4.49. The molecule has 3 rings (SSSR count). The lowest BCUT2D eigenvalue weighted by Crippen LogP contribution is -2.65. The molecule has 1 saturated heterocycles. The van der Waals surface area contributed by atoms with Crippen LogP contribution in [-0.4, -0.2) is 55.0 Å². The molecule has 1 heterocycles. The molecule has 0 bridgehead atoms. The van der Waals surface area contributed by atoms with Gasteiger partial charge in [0.25, 0.3) is 5.91 Å². The predicted molar refractivity (Wildman–Crippen MR) is 109 cm³/mol. The molecule has 1 aromatic carbocycles. The summed E-state index contributed by atoms with van der Waals surface area (Å²) in [5.74, 6) is -1.38. The first-order valence-corrected chi connectivity index (χ1v) is 10.6. The van der Waals surface area contributed by atoms with Gasteiger partial charge in [0, 0.05) is 36.8 Å². The van der Waals surface area contributed by atoms with E-state index in [1.807, 2.05) is 20.8 Å². The molecule has 9 heteroatoms. The Morgan fingerprint density at radius 3 is 2.55 bits per heavy atom. The number of rotatable bonds is 9. The number of likely N-dealkylation sites (tertiary alicyclic amines) is 1. The molecule has 1 spiro atoms. The average Bonchev–Trinajstić information content (AvgIpc) is 2.59. The fraction of sp³-hybridized carbons (Fsp3) is 0.636. The lowest BCUT2D eigenvalue weighted by atomic mass is 9.57. The van der Waals surface area contributed by atoms with E-state index in [4.69, 9.17) is 0 Å². The first-order valence-electron chi connectivity index (χ1n) is 10.6. The molecular formula is C22H30F3N3O3. The van der Waals surface area contributed by atoms with E-state index in [1.165, 1.54) is 0 Å². The zero-order valence-corrected chi connectivity index (χ0v) is 18.1. The molecule has 1 aliphatic heterocycles. The van der Waals surface area contributed by atoms with Crippen LogP contribution in [0.15, 0.2) is 18.2 Å². The Morgan fingerprint density at radius 2 is 1.94 bits per heavy atom. The van der Waals surface area contributed by atoms with Gasteiger partial charge in [-0.2, -0.15) is 8.78 Å². The second-order valence-electron chi connectivity index (χ2n) is 9.47. The van der Waals surface area contributed by atoms with Crippen molar-refractivity contribution in [3.05, 3.63) is 29.6 Å². The number of hydrogen-bond acceptors (Lipinski definition) is 4. The molecule has 2 fully saturated rings. The normalized spacial score (nSPS) is 18.4. The number of nitrogens with zero attached hydrogens (tertiary/aromatic N) is 1. The van der Waals surface area contributed by atoms with Crippen LogP contribution in [0.1, 0.15) is 50.4 Å².